The summed E-state index contributed by atoms with van der Waals surface area (Å²) in [6.45, 7) is 2.18. The first kappa shape index (κ1) is 10.6. The van der Waals surface area contributed by atoms with Gasteiger partial charge >= 0.3 is 0 Å². The highest BCUT2D eigenvalue weighted by atomic mass is 35.5. The smallest absolute Gasteiger partial charge is 0.126 e. The van der Waals surface area contributed by atoms with Gasteiger partial charge in [0.05, 0.1) is 19.6 Å². The number of hydrogen-bond donors (Lipinski definition) is 0. The third-order valence-corrected chi connectivity index (χ3v) is 3.41. The van der Waals surface area contributed by atoms with E-state index in [1.54, 1.807) is 14.2 Å². The topological polar surface area (TPSA) is 18.5 Å². The quantitative estimate of drug-likeness (QED) is 0.719. The van der Waals surface area contributed by atoms with E-state index in [4.69, 9.17) is 21.1 Å². The molecular formula is C12H15ClO2. The van der Waals surface area contributed by atoms with Crippen LogP contribution in [0, 0.1) is 0 Å². The zero-order chi connectivity index (χ0) is 11.0. The van der Waals surface area contributed by atoms with Gasteiger partial charge in [-0.2, -0.15) is 0 Å². The van der Waals surface area contributed by atoms with Crippen molar-refractivity contribution in [1.29, 1.82) is 0 Å². The Morgan fingerprint density at radius 3 is 2.60 bits per heavy atom. The minimum absolute atomic E-state index is 0.0824. The van der Waals surface area contributed by atoms with Crippen molar-refractivity contribution in [1.82, 2.24) is 0 Å². The molecule has 0 spiro atoms. The van der Waals surface area contributed by atoms with Gasteiger partial charge in [-0.15, -0.1) is 11.6 Å². The molecule has 2 rings (SSSR count). The van der Waals surface area contributed by atoms with E-state index in [0.717, 1.165) is 23.5 Å². The summed E-state index contributed by atoms with van der Waals surface area (Å²) in [6.07, 6.45) is 0.973. The van der Waals surface area contributed by atoms with Crippen molar-refractivity contribution in [2.24, 2.45) is 0 Å². The monoisotopic (exact) mass is 226 g/mol. The van der Waals surface area contributed by atoms with Gasteiger partial charge in [0.2, 0.25) is 0 Å². The number of ether oxygens (including phenoxy) is 2. The lowest BCUT2D eigenvalue weighted by Crippen LogP contribution is -1.95. The van der Waals surface area contributed by atoms with Crippen LogP contribution in [0.1, 0.15) is 35.8 Å². The average molecular weight is 227 g/mol. The standard InChI is InChI=1S/C12H15ClO2/c1-7-4-10(13)9-5-8(14-2)6-11(15-3)12(7)9/h5-7,10H,4H2,1-3H3. The number of rotatable bonds is 2. The van der Waals surface area contributed by atoms with Crippen LogP contribution in [0.3, 0.4) is 0 Å². The zero-order valence-corrected chi connectivity index (χ0v) is 9.97. The van der Waals surface area contributed by atoms with Crippen molar-refractivity contribution in [2.45, 2.75) is 24.6 Å². The number of methoxy groups -OCH3 is 2. The SMILES string of the molecule is COc1cc(OC)c2c(c1)C(Cl)CC2C. The van der Waals surface area contributed by atoms with E-state index >= 15 is 0 Å². The maximum atomic E-state index is 6.28. The van der Waals surface area contributed by atoms with Gasteiger partial charge in [0.1, 0.15) is 11.5 Å². The van der Waals surface area contributed by atoms with Gasteiger partial charge in [-0.25, -0.2) is 0 Å². The summed E-state index contributed by atoms with van der Waals surface area (Å²) in [4.78, 5) is 0. The fraction of sp³-hybridized carbons (Fsp3) is 0.500. The Balaban J connectivity index is 2.57. The van der Waals surface area contributed by atoms with Crippen LogP contribution < -0.4 is 9.47 Å². The number of benzene rings is 1. The van der Waals surface area contributed by atoms with Gasteiger partial charge < -0.3 is 9.47 Å². The van der Waals surface area contributed by atoms with Crippen LogP contribution >= 0.6 is 11.6 Å². The molecule has 0 N–H and O–H groups in total. The van der Waals surface area contributed by atoms with E-state index in [1.807, 2.05) is 12.1 Å². The Bertz CT molecular complexity index is 376. The van der Waals surface area contributed by atoms with E-state index in [0.29, 0.717) is 5.92 Å². The Kier molecular flexibility index (Phi) is 2.79. The molecule has 1 aromatic rings. The van der Waals surface area contributed by atoms with Gasteiger partial charge in [0, 0.05) is 11.6 Å². The van der Waals surface area contributed by atoms with Crippen molar-refractivity contribution >= 4 is 11.6 Å². The highest BCUT2D eigenvalue weighted by molar-refractivity contribution is 6.21. The Labute approximate surface area is 95.1 Å². The van der Waals surface area contributed by atoms with Crippen LogP contribution in [0.4, 0.5) is 0 Å². The van der Waals surface area contributed by atoms with Crippen LogP contribution in [-0.2, 0) is 0 Å². The molecule has 82 valence electrons. The summed E-state index contributed by atoms with van der Waals surface area (Å²) in [5, 5.41) is 0.0824. The normalized spacial score (nSPS) is 23.7. The first-order valence-electron chi connectivity index (χ1n) is 5.07. The molecule has 1 aliphatic rings. The van der Waals surface area contributed by atoms with Gasteiger partial charge in [0.15, 0.2) is 0 Å². The molecule has 0 saturated heterocycles. The summed E-state index contributed by atoms with van der Waals surface area (Å²) in [6, 6.07) is 3.93. The molecule has 0 heterocycles. The Morgan fingerprint density at radius 2 is 2.00 bits per heavy atom. The van der Waals surface area contributed by atoms with Crippen molar-refractivity contribution in [3.8, 4) is 11.5 Å². The van der Waals surface area contributed by atoms with Crippen molar-refractivity contribution in [3.05, 3.63) is 23.3 Å². The second-order valence-electron chi connectivity index (χ2n) is 3.94. The molecular weight excluding hydrogens is 212 g/mol. The predicted octanol–water partition coefficient (Wildman–Crippen LogP) is 3.49. The first-order chi connectivity index (χ1) is 7.17. The van der Waals surface area contributed by atoms with Crippen molar-refractivity contribution in [2.75, 3.05) is 14.2 Å². The molecule has 1 aliphatic carbocycles. The van der Waals surface area contributed by atoms with E-state index in [-0.39, 0.29) is 5.38 Å². The van der Waals surface area contributed by atoms with E-state index in [2.05, 4.69) is 6.92 Å². The molecule has 0 radical (unpaired) electrons. The van der Waals surface area contributed by atoms with Gasteiger partial charge in [-0.1, -0.05) is 6.92 Å². The number of halogens is 1. The average Bonchev–Trinajstić information content (AvgIpc) is 2.53. The molecule has 15 heavy (non-hydrogen) atoms. The molecule has 0 aromatic heterocycles. The third kappa shape index (κ3) is 1.67. The molecule has 0 amide bonds. The fourth-order valence-electron chi connectivity index (χ4n) is 2.25. The van der Waals surface area contributed by atoms with Crippen molar-refractivity contribution < 1.29 is 9.47 Å². The summed E-state index contributed by atoms with van der Waals surface area (Å²) in [5.41, 5.74) is 2.39. The number of hydrogen-bond acceptors (Lipinski definition) is 2. The highest BCUT2D eigenvalue weighted by Gasteiger charge is 2.30. The van der Waals surface area contributed by atoms with Crippen LogP contribution in [0.15, 0.2) is 12.1 Å². The maximum Gasteiger partial charge on any atom is 0.126 e. The van der Waals surface area contributed by atoms with E-state index < -0.39 is 0 Å². The predicted molar refractivity (Wildman–Crippen MR) is 61.2 cm³/mol. The van der Waals surface area contributed by atoms with E-state index in [1.165, 1.54) is 5.56 Å². The van der Waals surface area contributed by atoms with Crippen LogP contribution in [0.2, 0.25) is 0 Å². The molecule has 0 bridgehead atoms. The molecule has 2 atom stereocenters. The molecule has 0 saturated carbocycles. The van der Waals surface area contributed by atoms with Crippen LogP contribution in [-0.4, -0.2) is 14.2 Å². The summed E-state index contributed by atoms with van der Waals surface area (Å²) < 4.78 is 10.6. The minimum atomic E-state index is 0.0824. The first-order valence-corrected chi connectivity index (χ1v) is 5.51. The second kappa shape index (κ2) is 3.93. The summed E-state index contributed by atoms with van der Waals surface area (Å²) in [7, 11) is 3.34. The van der Waals surface area contributed by atoms with E-state index in [9.17, 15) is 0 Å². The van der Waals surface area contributed by atoms with Crippen molar-refractivity contribution in [3.63, 3.8) is 0 Å². The number of alkyl halides is 1. The molecule has 2 unspecified atom stereocenters. The largest absolute Gasteiger partial charge is 0.497 e. The Hall–Kier alpha value is -0.890. The summed E-state index contributed by atoms with van der Waals surface area (Å²) in [5.74, 6) is 2.16. The maximum absolute atomic E-state index is 6.28. The van der Waals surface area contributed by atoms with Gasteiger partial charge in [-0.3, -0.25) is 0 Å². The van der Waals surface area contributed by atoms with Crippen LogP contribution in [0.25, 0.3) is 0 Å². The lowest BCUT2D eigenvalue weighted by molar-refractivity contribution is 0.390. The lowest BCUT2D eigenvalue weighted by atomic mass is 10.0. The molecule has 0 aliphatic heterocycles. The Morgan fingerprint density at radius 1 is 1.27 bits per heavy atom. The van der Waals surface area contributed by atoms with Gasteiger partial charge in [-0.05, 0) is 24.0 Å². The molecule has 1 aromatic carbocycles. The van der Waals surface area contributed by atoms with Gasteiger partial charge in [0.25, 0.3) is 0 Å². The second-order valence-corrected chi connectivity index (χ2v) is 4.46. The molecule has 3 heteroatoms. The summed E-state index contributed by atoms with van der Waals surface area (Å²) >= 11 is 6.28. The van der Waals surface area contributed by atoms with Crippen LogP contribution in [0.5, 0.6) is 11.5 Å². The lowest BCUT2D eigenvalue weighted by Gasteiger charge is -2.13. The number of fused-ring (bicyclic) bond motifs is 1. The minimum Gasteiger partial charge on any atom is -0.497 e. The fourth-order valence-corrected chi connectivity index (χ4v) is 2.70. The third-order valence-electron chi connectivity index (χ3n) is 2.99. The highest BCUT2D eigenvalue weighted by Crippen LogP contribution is 2.49. The molecule has 0 fully saturated rings. The zero-order valence-electron chi connectivity index (χ0n) is 9.21. The molecule has 2 nitrogen and oxygen atoms in total.